The number of rotatable bonds is 23. The fourth-order valence-electron chi connectivity index (χ4n) is 4.17. The molecule has 4 aromatic rings. The first-order valence-electron chi connectivity index (χ1n) is 20.2. The highest BCUT2D eigenvalue weighted by atomic mass is 35.5. The van der Waals surface area contributed by atoms with Crippen molar-refractivity contribution < 1.29 is 14.2 Å². The van der Waals surface area contributed by atoms with Crippen molar-refractivity contribution in [1.29, 1.82) is 0 Å². The summed E-state index contributed by atoms with van der Waals surface area (Å²) in [6.07, 6.45) is 1.74. The zero-order valence-electron chi connectivity index (χ0n) is 37.8. The number of nitrogens with one attached hydrogen (secondary N) is 8. The van der Waals surface area contributed by atoms with Crippen LogP contribution in [0.5, 0.6) is 6.01 Å². The van der Waals surface area contributed by atoms with Gasteiger partial charge in [-0.3, -0.25) is 0 Å². The Morgan fingerprint density at radius 1 is 0.403 bits per heavy atom. The SMILES string of the molecule is CCNc1nc(Cl)nc(NC(C)C)n1.CCNc1nc(Cl)nc(NCC)n1.COCCCNc1nc(Cl)nc(NCCCOC)n1.COc1nc(NC(C)C)nc(NC(C)C)n1. The van der Waals surface area contributed by atoms with Crippen LogP contribution in [0, 0.1) is 0 Å². The van der Waals surface area contributed by atoms with Gasteiger partial charge in [0.25, 0.3) is 0 Å². The molecule has 0 spiro atoms. The van der Waals surface area contributed by atoms with Crippen LogP contribution in [0.2, 0.25) is 15.9 Å². The Kier molecular flexibility index (Phi) is 29.0. The highest BCUT2D eigenvalue weighted by Gasteiger charge is 2.09. The predicted molar refractivity (Wildman–Crippen MR) is 250 cm³/mol. The van der Waals surface area contributed by atoms with Crippen LogP contribution in [0.15, 0.2) is 0 Å². The Bertz CT molecular complexity index is 1720. The normalized spacial score (nSPS) is 10.4. The van der Waals surface area contributed by atoms with E-state index in [4.69, 9.17) is 49.0 Å². The number of anilines is 8. The second-order valence-electron chi connectivity index (χ2n) is 13.3. The molecule has 0 atom stereocenters. The number of aromatic nitrogens is 12. The maximum atomic E-state index is 5.84. The third-order valence-electron chi connectivity index (χ3n) is 6.50. The molecule has 348 valence electrons. The summed E-state index contributed by atoms with van der Waals surface area (Å²) in [5.74, 6) is 3.95. The summed E-state index contributed by atoms with van der Waals surface area (Å²) in [5, 5.41) is 24.9. The lowest BCUT2D eigenvalue weighted by atomic mass is 10.4. The van der Waals surface area contributed by atoms with E-state index < -0.39 is 0 Å². The Balaban J connectivity index is 0.000000417. The predicted octanol–water partition coefficient (Wildman–Crippen LogP) is 6.11. The minimum atomic E-state index is 0.165. The molecule has 0 bridgehead atoms. The lowest BCUT2D eigenvalue weighted by Gasteiger charge is -2.12. The van der Waals surface area contributed by atoms with Crippen molar-refractivity contribution in [1.82, 2.24) is 59.8 Å². The van der Waals surface area contributed by atoms with Crippen molar-refractivity contribution in [3.05, 3.63) is 15.9 Å². The van der Waals surface area contributed by atoms with Crippen LogP contribution in [0.4, 0.5) is 47.6 Å². The van der Waals surface area contributed by atoms with Crippen molar-refractivity contribution in [3.63, 3.8) is 0 Å². The lowest BCUT2D eigenvalue weighted by molar-refractivity contribution is 0.197. The van der Waals surface area contributed by atoms with Crippen molar-refractivity contribution in [2.24, 2.45) is 0 Å². The maximum Gasteiger partial charge on any atom is 0.322 e. The monoisotopic (exact) mass is 930 g/mol. The standard InChI is InChI=1S/C11H20ClN5O2.C10H19N5O.C8H14ClN5.C7H12ClN5/c1-18-7-3-5-13-10-15-9(12)16-11(17-10)14-6-4-8-19-2;1-6(2)11-8-13-9(12-7(3)4)15-10(14-8)16-5;1-4-10-7-12-6(9)13-8(14-7)11-5(2)3;1-3-9-6-11-5(8)12-7(13-6)10-4-2/h3-8H2,1-2H3,(H2,13,14,15,16,17);6-7H,1-5H3,(H2,11,12,13,14,15);5H,4H2,1-3H3,(H2,10,11,12,13,14);3-4H2,1-2H3,(H2,9,10,11,12,13). The summed E-state index contributed by atoms with van der Waals surface area (Å²) in [7, 11) is 4.87. The van der Waals surface area contributed by atoms with E-state index in [0.717, 1.165) is 45.6 Å². The molecule has 0 saturated heterocycles. The number of nitrogens with zero attached hydrogens (tertiary/aromatic N) is 12. The van der Waals surface area contributed by atoms with Gasteiger partial charge in [-0.1, -0.05) is 0 Å². The van der Waals surface area contributed by atoms with E-state index in [1.807, 2.05) is 62.3 Å². The highest BCUT2D eigenvalue weighted by Crippen LogP contribution is 2.13. The van der Waals surface area contributed by atoms with Gasteiger partial charge < -0.3 is 56.7 Å². The number of hydrogen-bond donors (Lipinski definition) is 8. The number of hydrogen-bond acceptors (Lipinski definition) is 23. The molecule has 0 radical (unpaired) electrons. The fraction of sp³-hybridized carbons (Fsp3) is 0.667. The summed E-state index contributed by atoms with van der Waals surface area (Å²) in [6, 6.07) is 1.10. The molecular formula is C36H65Cl3N20O3. The fourth-order valence-corrected chi connectivity index (χ4v) is 4.65. The molecule has 0 fully saturated rings. The van der Waals surface area contributed by atoms with E-state index in [9.17, 15) is 0 Å². The Morgan fingerprint density at radius 3 is 0.968 bits per heavy atom. The van der Waals surface area contributed by atoms with Gasteiger partial charge in [0.15, 0.2) is 0 Å². The minimum absolute atomic E-state index is 0.165. The molecule has 0 saturated carbocycles. The van der Waals surface area contributed by atoms with Gasteiger partial charge in [0, 0.05) is 78.3 Å². The Hall–Kier alpha value is -4.97. The zero-order valence-corrected chi connectivity index (χ0v) is 40.1. The maximum absolute atomic E-state index is 5.84. The zero-order chi connectivity index (χ0) is 46.3. The third-order valence-corrected chi connectivity index (χ3v) is 7.00. The molecule has 0 aliphatic rings. The molecule has 8 N–H and O–H groups in total. The number of methoxy groups -OCH3 is 3. The molecule has 23 nitrogen and oxygen atoms in total. The summed E-state index contributed by atoms with van der Waals surface area (Å²) in [6.45, 7) is 23.1. The van der Waals surface area contributed by atoms with Gasteiger partial charge in [-0.05, 0) is 110 Å². The second kappa shape index (κ2) is 32.7. The number of ether oxygens (including phenoxy) is 3. The van der Waals surface area contributed by atoms with E-state index in [-0.39, 0.29) is 34.0 Å². The summed E-state index contributed by atoms with van der Waals surface area (Å²) in [4.78, 5) is 48.6. The quantitative estimate of drug-likeness (QED) is 0.0390. The molecule has 0 amide bonds. The summed E-state index contributed by atoms with van der Waals surface area (Å²) < 4.78 is 14.9. The van der Waals surface area contributed by atoms with Crippen LogP contribution in [-0.4, -0.2) is 145 Å². The van der Waals surface area contributed by atoms with Crippen LogP contribution in [0.25, 0.3) is 0 Å². The van der Waals surface area contributed by atoms with Crippen molar-refractivity contribution in [3.8, 4) is 6.01 Å². The van der Waals surface area contributed by atoms with Gasteiger partial charge in [-0.2, -0.15) is 59.8 Å². The molecule has 4 rings (SSSR count). The van der Waals surface area contributed by atoms with Crippen LogP contribution in [0.3, 0.4) is 0 Å². The van der Waals surface area contributed by atoms with E-state index in [1.165, 1.54) is 7.11 Å². The van der Waals surface area contributed by atoms with E-state index >= 15 is 0 Å². The Morgan fingerprint density at radius 2 is 0.677 bits per heavy atom. The molecule has 62 heavy (non-hydrogen) atoms. The second-order valence-corrected chi connectivity index (χ2v) is 14.3. The summed E-state index contributed by atoms with van der Waals surface area (Å²) in [5.41, 5.74) is 0. The lowest BCUT2D eigenvalue weighted by Crippen LogP contribution is -2.17. The van der Waals surface area contributed by atoms with Gasteiger partial charge in [0.1, 0.15) is 0 Å². The molecular weight excluding hydrogens is 867 g/mol. The minimum Gasteiger partial charge on any atom is -0.467 e. The molecule has 0 unspecified atom stereocenters. The molecule has 0 aromatic carbocycles. The van der Waals surface area contributed by atoms with Crippen molar-refractivity contribution >= 4 is 82.4 Å². The first-order valence-corrected chi connectivity index (χ1v) is 21.3. The smallest absolute Gasteiger partial charge is 0.322 e. The van der Waals surface area contributed by atoms with Gasteiger partial charge >= 0.3 is 6.01 Å². The van der Waals surface area contributed by atoms with Crippen molar-refractivity contribution in [2.45, 2.75) is 93.3 Å². The van der Waals surface area contributed by atoms with Gasteiger partial charge in [0.2, 0.25) is 63.4 Å². The summed E-state index contributed by atoms with van der Waals surface area (Å²) >= 11 is 17.2. The highest BCUT2D eigenvalue weighted by molar-refractivity contribution is 6.29. The third kappa shape index (κ3) is 26.4. The molecule has 4 heterocycles. The van der Waals surface area contributed by atoms with E-state index in [2.05, 4.69) is 102 Å². The largest absolute Gasteiger partial charge is 0.467 e. The number of halogens is 3. The van der Waals surface area contributed by atoms with Crippen LogP contribution in [0.1, 0.15) is 75.2 Å². The first kappa shape index (κ1) is 55.0. The molecule has 26 heteroatoms. The first-order chi connectivity index (χ1) is 29.6. The van der Waals surface area contributed by atoms with Gasteiger partial charge in [-0.15, -0.1) is 0 Å². The van der Waals surface area contributed by atoms with Gasteiger partial charge in [0.05, 0.1) is 7.11 Å². The van der Waals surface area contributed by atoms with Crippen LogP contribution >= 0.6 is 34.8 Å². The molecule has 0 aliphatic carbocycles. The molecule has 4 aromatic heterocycles. The van der Waals surface area contributed by atoms with Crippen molar-refractivity contribution in [2.75, 3.05) is 110 Å². The Labute approximate surface area is 380 Å². The van der Waals surface area contributed by atoms with Gasteiger partial charge in [-0.25, -0.2) is 0 Å². The van der Waals surface area contributed by atoms with E-state index in [1.54, 1.807) is 14.2 Å². The molecule has 0 aliphatic heterocycles. The van der Waals surface area contributed by atoms with Crippen LogP contribution < -0.4 is 47.3 Å². The average Bonchev–Trinajstić information content (AvgIpc) is 3.18. The van der Waals surface area contributed by atoms with Crippen LogP contribution in [-0.2, 0) is 9.47 Å². The van der Waals surface area contributed by atoms with E-state index in [0.29, 0.717) is 66.8 Å². The average molecular weight is 932 g/mol. The topological polar surface area (TPSA) is 279 Å².